The van der Waals surface area contributed by atoms with Crippen molar-refractivity contribution in [3.63, 3.8) is 0 Å². The Hall–Kier alpha value is -6.14. The molecule has 0 amide bonds. The van der Waals surface area contributed by atoms with Gasteiger partial charge in [0.25, 0.3) is 0 Å². The van der Waals surface area contributed by atoms with Crippen molar-refractivity contribution >= 4 is 21.9 Å². The first-order valence-corrected chi connectivity index (χ1v) is 14.4. The molecule has 3 aromatic heterocycles. The minimum absolute atomic E-state index is 0.437. The van der Waals surface area contributed by atoms with Crippen LogP contribution in [0, 0.1) is 0 Å². The van der Waals surface area contributed by atoms with Gasteiger partial charge in [-0.05, 0) is 17.2 Å². The monoisotopic (exact) mass is 564 g/mol. The van der Waals surface area contributed by atoms with E-state index < -0.39 is 0 Å². The maximum Gasteiger partial charge on any atom is 0.198 e. The molecule has 0 fully saturated rings. The van der Waals surface area contributed by atoms with E-state index in [-0.39, 0.29) is 0 Å². The quantitative estimate of drug-likeness (QED) is 0.195. The highest BCUT2D eigenvalue weighted by Gasteiger charge is 2.22. The first-order valence-electron chi connectivity index (χ1n) is 14.4. The third-order valence-electron chi connectivity index (χ3n) is 7.66. The van der Waals surface area contributed by atoms with E-state index in [1.165, 1.54) is 0 Å². The fourth-order valence-electron chi connectivity index (χ4n) is 5.64. The van der Waals surface area contributed by atoms with E-state index in [9.17, 15) is 0 Å². The molecule has 8 rings (SSSR count). The van der Waals surface area contributed by atoms with Crippen LogP contribution in [0.5, 0.6) is 0 Å². The first kappa shape index (κ1) is 25.6. The Morgan fingerprint density at radius 1 is 0.364 bits per heavy atom. The molecule has 5 aromatic carbocycles. The van der Waals surface area contributed by atoms with Crippen LogP contribution in [0.4, 0.5) is 0 Å². The van der Waals surface area contributed by atoms with Gasteiger partial charge < -0.3 is 0 Å². The second kappa shape index (κ2) is 10.9. The Morgan fingerprint density at radius 3 is 1.34 bits per heavy atom. The molecule has 0 bridgehead atoms. The van der Waals surface area contributed by atoms with Gasteiger partial charge in [-0.25, -0.2) is 19.9 Å². The molecular weight excluding hydrogens is 540 g/mol. The largest absolute Gasteiger partial charge is 0.252 e. The maximum absolute atomic E-state index is 5.22. The highest BCUT2D eigenvalue weighted by atomic mass is 15.0. The van der Waals surface area contributed by atoms with Crippen molar-refractivity contribution in [1.29, 1.82) is 0 Å². The summed E-state index contributed by atoms with van der Waals surface area (Å²) in [5.74, 6) is 0.888. The van der Waals surface area contributed by atoms with E-state index in [2.05, 4.69) is 24.3 Å². The van der Waals surface area contributed by atoms with E-state index in [0.29, 0.717) is 11.6 Å². The van der Waals surface area contributed by atoms with Crippen LogP contribution in [0.25, 0.3) is 78.4 Å². The molecular formula is C38H24N6. The summed E-state index contributed by atoms with van der Waals surface area (Å²) in [5, 5.41) is 0.817. The lowest BCUT2D eigenvalue weighted by Crippen LogP contribution is -2.02. The standard InChI is InChI=1S/C38H24N6/c1-5-13-25(14-6-1)30-23-31(26-15-7-2-8-16-26)43-38(42-30)37-41-24-29-34(44-37)32(27-17-9-3-10-18-27)33(28-19-11-4-12-20-28)36-35(29)39-21-22-40-36/h1-24H. The van der Waals surface area contributed by atoms with E-state index in [4.69, 9.17) is 29.9 Å². The van der Waals surface area contributed by atoms with Gasteiger partial charge in [-0.3, -0.25) is 9.97 Å². The van der Waals surface area contributed by atoms with Gasteiger partial charge in [-0.2, -0.15) is 0 Å². The number of rotatable bonds is 5. The van der Waals surface area contributed by atoms with E-state index in [1.54, 1.807) is 12.4 Å². The van der Waals surface area contributed by atoms with Crippen molar-refractivity contribution in [3.05, 3.63) is 146 Å². The summed E-state index contributed by atoms with van der Waals surface area (Å²) in [4.78, 5) is 29.6. The maximum atomic E-state index is 5.22. The lowest BCUT2D eigenvalue weighted by molar-refractivity contribution is 1.10. The van der Waals surface area contributed by atoms with Crippen LogP contribution in [-0.2, 0) is 0 Å². The molecule has 44 heavy (non-hydrogen) atoms. The Kier molecular flexibility index (Phi) is 6.35. The van der Waals surface area contributed by atoms with Gasteiger partial charge in [-0.15, -0.1) is 0 Å². The molecule has 0 saturated carbocycles. The number of nitrogens with zero attached hydrogens (tertiary/aromatic N) is 6. The van der Waals surface area contributed by atoms with Crippen LogP contribution in [0.15, 0.2) is 146 Å². The summed E-state index contributed by atoms with van der Waals surface area (Å²) >= 11 is 0. The number of hydrogen-bond acceptors (Lipinski definition) is 6. The predicted octanol–water partition coefficient (Wildman–Crippen LogP) is 8.70. The third kappa shape index (κ3) is 4.55. The zero-order valence-corrected chi connectivity index (χ0v) is 23.5. The summed E-state index contributed by atoms with van der Waals surface area (Å²) in [6.07, 6.45) is 5.28. The minimum Gasteiger partial charge on any atom is -0.252 e. The Labute approximate surface area is 253 Å². The molecule has 6 heteroatoms. The summed E-state index contributed by atoms with van der Waals surface area (Å²) < 4.78 is 0. The molecule has 206 valence electrons. The Morgan fingerprint density at radius 2 is 0.818 bits per heavy atom. The SMILES string of the molecule is c1ccc(-c2cc(-c3ccccc3)nc(-c3ncc4c(n3)c(-c3ccccc3)c(-c3ccccc3)c3nccnc34)n2)cc1. The molecule has 3 heterocycles. The molecule has 8 aromatic rings. The minimum atomic E-state index is 0.437. The van der Waals surface area contributed by atoms with Crippen molar-refractivity contribution in [3.8, 4) is 56.4 Å². The highest BCUT2D eigenvalue weighted by molar-refractivity contribution is 6.17. The molecule has 0 aliphatic rings. The van der Waals surface area contributed by atoms with Crippen LogP contribution >= 0.6 is 0 Å². The van der Waals surface area contributed by atoms with Crippen molar-refractivity contribution in [1.82, 2.24) is 29.9 Å². The summed E-state index contributed by atoms with van der Waals surface area (Å²) in [6, 6.07) is 42.8. The normalized spacial score (nSPS) is 11.2. The molecule has 0 aliphatic carbocycles. The predicted molar refractivity (Wildman–Crippen MR) is 175 cm³/mol. The third-order valence-corrected chi connectivity index (χ3v) is 7.66. The molecule has 6 nitrogen and oxygen atoms in total. The fraction of sp³-hybridized carbons (Fsp3) is 0. The molecule has 0 saturated heterocycles. The van der Waals surface area contributed by atoms with Gasteiger partial charge in [0.1, 0.15) is 5.52 Å². The second-order valence-corrected chi connectivity index (χ2v) is 10.4. The Balaban J connectivity index is 1.45. The molecule has 0 spiro atoms. The van der Waals surface area contributed by atoms with Crippen molar-refractivity contribution < 1.29 is 0 Å². The van der Waals surface area contributed by atoms with Crippen LogP contribution in [0.1, 0.15) is 0 Å². The van der Waals surface area contributed by atoms with Gasteiger partial charge in [0.2, 0.25) is 0 Å². The van der Waals surface area contributed by atoms with Crippen LogP contribution < -0.4 is 0 Å². The molecule has 0 radical (unpaired) electrons. The van der Waals surface area contributed by atoms with Gasteiger partial charge in [0, 0.05) is 46.2 Å². The topological polar surface area (TPSA) is 77.3 Å². The first-order chi connectivity index (χ1) is 21.8. The number of benzene rings is 5. The van der Waals surface area contributed by atoms with Crippen LogP contribution in [0.2, 0.25) is 0 Å². The van der Waals surface area contributed by atoms with E-state index in [1.807, 2.05) is 109 Å². The number of aromatic nitrogens is 6. The van der Waals surface area contributed by atoms with Gasteiger partial charge in [0.15, 0.2) is 11.6 Å². The van der Waals surface area contributed by atoms with E-state index in [0.717, 1.165) is 66.7 Å². The van der Waals surface area contributed by atoms with Crippen molar-refractivity contribution in [2.75, 3.05) is 0 Å². The lowest BCUT2D eigenvalue weighted by atomic mass is 9.90. The second-order valence-electron chi connectivity index (χ2n) is 10.4. The van der Waals surface area contributed by atoms with Crippen LogP contribution in [-0.4, -0.2) is 29.9 Å². The zero-order chi connectivity index (χ0) is 29.3. The van der Waals surface area contributed by atoms with Gasteiger partial charge in [0.05, 0.1) is 22.4 Å². The van der Waals surface area contributed by atoms with E-state index >= 15 is 0 Å². The molecule has 0 unspecified atom stereocenters. The summed E-state index contributed by atoms with van der Waals surface area (Å²) in [5.41, 5.74) is 9.90. The van der Waals surface area contributed by atoms with Crippen molar-refractivity contribution in [2.45, 2.75) is 0 Å². The number of hydrogen-bond donors (Lipinski definition) is 0. The smallest absolute Gasteiger partial charge is 0.198 e. The van der Waals surface area contributed by atoms with Crippen molar-refractivity contribution in [2.24, 2.45) is 0 Å². The zero-order valence-electron chi connectivity index (χ0n) is 23.5. The Bertz CT molecular complexity index is 2200. The summed E-state index contributed by atoms with van der Waals surface area (Å²) in [7, 11) is 0. The fourth-order valence-corrected chi connectivity index (χ4v) is 5.64. The highest BCUT2D eigenvalue weighted by Crippen LogP contribution is 2.42. The van der Waals surface area contributed by atoms with Crippen LogP contribution in [0.3, 0.4) is 0 Å². The average molecular weight is 565 g/mol. The number of fused-ring (bicyclic) bond motifs is 3. The molecule has 0 N–H and O–H groups in total. The average Bonchev–Trinajstić information content (AvgIpc) is 3.12. The lowest BCUT2D eigenvalue weighted by Gasteiger charge is -2.17. The van der Waals surface area contributed by atoms with Gasteiger partial charge >= 0.3 is 0 Å². The summed E-state index contributed by atoms with van der Waals surface area (Å²) in [6.45, 7) is 0. The van der Waals surface area contributed by atoms with Gasteiger partial charge in [-0.1, -0.05) is 121 Å². The molecule has 0 aliphatic heterocycles. The molecule has 0 atom stereocenters.